The number of benzene rings is 2. The fraction of sp³-hybridized carbons (Fsp3) is 0.464. The molecule has 36 heavy (non-hydrogen) atoms. The molecule has 6 rings (SSSR count). The molecule has 5 nitrogen and oxygen atoms in total. The van der Waals surface area contributed by atoms with Crippen molar-refractivity contribution < 1.29 is 27.8 Å². The molecule has 1 amide bonds. The largest absolute Gasteiger partial charge is 0.489 e. The summed E-state index contributed by atoms with van der Waals surface area (Å²) in [5.74, 6) is 0.746. The van der Waals surface area contributed by atoms with Gasteiger partial charge in [0.25, 0.3) is 0 Å². The van der Waals surface area contributed by atoms with Crippen molar-refractivity contribution in [2.75, 3.05) is 20.6 Å². The number of halogens is 3. The number of nitrogens with one attached hydrogen (secondary N) is 1. The van der Waals surface area contributed by atoms with Crippen LogP contribution in [0.1, 0.15) is 47.9 Å². The van der Waals surface area contributed by atoms with Crippen molar-refractivity contribution in [2.45, 2.75) is 61.4 Å². The first-order chi connectivity index (χ1) is 17.1. The summed E-state index contributed by atoms with van der Waals surface area (Å²) in [5, 5.41) is 14.0. The van der Waals surface area contributed by atoms with Gasteiger partial charge in [0.2, 0.25) is 5.91 Å². The highest BCUT2D eigenvalue weighted by atomic mass is 19.4. The Hall–Kier alpha value is -2.84. The zero-order valence-electron chi connectivity index (χ0n) is 20.4. The summed E-state index contributed by atoms with van der Waals surface area (Å²) in [6.45, 7) is 1.07. The van der Waals surface area contributed by atoms with E-state index in [1.54, 1.807) is 0 Å². The quantitative estimate of drug-likeness (QED) is 0.603. The highest BCUT2D eigenvalue weighted by molar-refractivity contribution is 5.91. The van der Waals surface area contributed by atoms with Crippen LogP contribution >= 0.6 is 0 Å². The molecule has 2 aromatic rings. The lowest BCUT2D eigenvalue weighted by molar-refractivity contribution is -0.180. The van der Waals surface area contributed by atoms with Gasteiger partial charge in [-0.1, -0.05) is 24.3 Å². The lowest BCUT2D eigenvalue weighted by atomic mass is 9.49. The predicted octanol–water partition coefficient (Wildman–Crippen LogP) is 4.33. The number of likely N-dealkylation sites (tertiary alicyclic amines) is 1. The van der Waals surface area contributed by atoms with Crippen molar-refractivity contribution in [2.24, 2.45) is 0 Å². The molecule has 2 bridgehead atoms. The lowest BCUT2D eigenvalue weighted by Crippen LogP contribution is -2.74. The van der Waals surface area contributed by atoms with Crippen LogP contribution in [-0.2, 0) is 22.8 Å². The molecule has 2 aromatic carbocycles. The Kier molecular flexibility index (Phi) is 6.16. The van der Waals surface area contributed by atoms with E-state index in [9.17, 15) is 23.1 Å². The van der Waals surface area contributed by atoms with Gasteiger partial charge >= 0.3 is 6.18 Å². The molecule has 1 spiro atoms. The van der Waals surface area contributed by atoms with Crippen molar-refractivity contribution in [1.82, 2.24) is 10.2 Å². The summed E-state index contributed by atoms with van der Waals surface area (Å²) in [4.78, 5) is 13.2. The van der Waals surface area contributed by atoms with Crippen molar-refractivity contribution in [3.8, 4) is 5.75 Å². The number of ether oxygens (including phenoxy) is 1. The van der Waals surface area contributed by atoms with Crippen molar-refractivity contribution in [3.63, 3.8) is 0 Å². The highest BCUT2D eigenvalue weighted by Gasteiger charge is 2.70. The first kappa shape index (κ1) is 24.8. The van der Waals surface area contributed by atoms with E-state index in [-0.39, 0.29) is 23.5 Å². The monoisotopic (exact) mass is 500 g/mol. The first-order valence-electron chi connectivity index (χ1n) is 12.4. The zero-order valence-corrected chi connectivity index (χ0v) is 20.4. The summed E-state index contributed by atoms with van der Waals surface area (Å²) in [6, 6.07) is 11.3. The van der Waals surface area contributed by atoms with E-state index < -0.39 is 17.3 Å². The molecular formula is C28H31F3N2O3. The maximum atomic E-state index is 12.2. The summed E-state index contributed by atoms with van der Waals surface area (Å²) in [6.07, 6.45) is 3.65. The molecule has 0 radical (unpaired) electrons. The number of hydrogen-bond donors (Lipinski definition) is 2. The van der Waals surface area contributed by atoms with Crippen molar-refractivity contribution in [3.05, 3.63) is 70.8 Å². The second-order valence-electron chi connectivity index (χ2n) is 10.2. The van der Waals surface area contributed by atoms with Gasteiger partial charge < -0.3 is 20.1 Å². The van der Waals surface area contributed by atoms with Gasteiger partial charge in [-0.25, -0.2) is 0 Å². The average Bonchev–Trinajstić information content (AvgIpc) is 3.19. The molecule has 2 N–H and O–H groups in total. The minimum atomic E-state index is -4.33. The Morgan fingerprint density at radius 3 is 2.64 bits per heavy atom. The fourth-order valence-corrected chi connectivity index (χ4v) is 6.76. The number of hydrogen-bond acceptors (Lipinski definition) is 4. The molecule has 0 aromatic heterocycles. The molecule has 2 fully saturated rings. The number of rotatable bonds is 2. The van der Waals surface area contributed by atoms with Gasteiger partial charge in [-0.2, -0.15) is 13.2 Å². The summed E-state index contributed by atoms with van der Waals surface area (Å²) >= 11 is 0. The number of alkyl halides is 3. The Morgan fingerprint density at radius 2 is 1.94 bits per heavy atom. The first-order valence-corrected chi connectivity index (χ1v) is 12.4. The third-order valence-electron chi connectivity index (χ3n) is 8.44. The number of piperidine rings is 1. The molecule has 192 valence electrons. The Balaban J connectivity index is 0.000000153. The van der Waals surface area contributed by atoms with Crippen LogP contribution in [0.4, 0.5) is 13.2 Å². The van der Waals surface area contributed by atoms with Crippen LogP contribution in [0.15, 0.2) is 48.5 Å². The van der Waals surface area contributed by atoms with Crippen LogP contribution in [0.3, 0.4) is 0 Å². The van der Waals surface area contributed by atoms with E-state index in [0.29, 0.717) is 5.56 Å². The number of aliphatic hydroxyl groups is 1. The highest BCUT2D eigenvalue weighted by Crippen LogP contribution is 2.63. The third kappa shape index (κ3) is 3.82. The van der Waals surface area contributed by atoms with Gasteiger partial charge in [-0.3, -0.25) is 4.79 Å². The molecule has 1 saturated carbocycles. The Labute approximate surface area is 208 Å². The number of nitrogens with zero attached hydrogens (tertiary/aromatic N) is 1. The van der Waals surface area contributed by atoms with Gasteiger partial charge in [-0.15, -0.1) is 0 Å². The van der Waals surface area contributed by atoms with Crippen LogP contribution in [0.25, 0.3) is 6.08 Å². The topological polar surface area (TPSA) is 61.8 Å². The van der Waals surface area contributed by atoms with Crippen molar-refractivity contribution >= 4 is 12.0 Å². The van der Waals surface area contributed by atoms with Crippen LogP contribution in [0.5, 0.6) is 5.75 Å². The zero-order chi connectivity index (χ0) is 25.7. The van der Waals surface area contributed by atoms with Gasteiger partial charge in [0.1, 0.15) is 11.9 Å². The SMILES string of the molecule is CN1CC[C@]23c4c5cccc4O[C@H]2CCC[C@@]3(O)[C@H]1C5.CNC(=O)/C=C/c1ccc(C(F)(F)F)cc1. The van der Waals surface area contributed by atoms with Gasteiger partial charge in [-0.05, 0) is 81.1 Å². The molecule has 4 aliphatic rings. The van der Waals surface area contributed by atoms with Gasteiger partial charge in [0.05, 0.1) is 16.6 Å². The molecule has 1 saturated heterocycles. The van der Waals surface area contributed by atoms with E-state index in [1.807, 2.05) is 0 Å². The Morgan fingerprint density at radius 1 is 1.19 bits per heavy atom. The number of carbonyl (C=O) groups is 1. The minimum Gasteiger partial charge on any atom is -0.489 e. The third-order valence-corrected chi connectivity index (χ3v) is 8.44. The lowest BCUT2D eigenvalue weighted by Gasteiger charge is -2.62. The number of likely N-dealkylation sites (N-methyl/N-ethyl adjacent to an activating group) is 2. The number of amides is 1. The van der Waals surface area contributed by atoms with Gasteiger partial charge in [0.15, 0.2) is 0 Å². The Bertz CT molecular complexity index is 1180. The molecular weight excluding hydrogens is 469 g/mol. The fourth-order valence-electron chi connectivity index (χ4n) is 6.76. The van der Waals surface area contributed by atoms with E-state index in [2.05, 4.69) is 35.5 Å². The smallest absolute Gasteiger partial charge is 0.416 e. The van der Waals surface area contributed by atoms with E-state index >= 15 is 0 Å². The van der Waals surface area contributed by atoms with Crippen LogP contribution in [0.2, 0.25) is 0 Å². The summed E-state index contributed by atoms with van der Waals surface area (Å²) < 4.78 is 42.9. The molecule has 0 unspecified atom stereocenters. The average molecular weight is 501 g/mol. The normalized spacial score (nSPS) is 30.2. The molecule has 2 heterocycles. The van der Waals surface area contributed by atoms with Crippen LogP contribution in [0, 0.1) is 0 Å². The maximum absolute atomic E-state index is 12.2. The molecule has 2 aliphatic heterocycles. The second kappa shape index (κ2) is 8.92. The predicted molar refractivity (Wildman–Crippen MR) is 131 cm³/mol. The maximum Gasteiger partial charge on any atom is 0.416 e. The standard InChI is InChI=1S/C17H21NO2.C11H10F3NO/c1-18-9-8-16-14-6-3-7-17(16,19)13(18)10-11-4-2-5-12(20-14)15(11)16;1-15-10(16)7-4-8-2-5-9(6-3-8)11(12,13)14/h2,4-5,13-14,19H,3,6-10H2,1H3;2-7H,1H3,(H,15,16)/b;7-4+/t13-,14+,16-,17-;/m1./s1. The summed E-state index contributed by atoms with van der Waals surface area (Å²) in [7, 11) is 3.64. The van der Waals surface area contributed by atoms with Crippen molar-refractivity contribution in [1.29, 1.82) is 0 Å². The molecule has 4 atom stereocenters. The van der Waals surface area contributed by atoms with E-state index in [4.69, 9.17) is 4.74 Å². The van der Waals surface area contributed by atoms with Gasteiger partial charge in [0, 0.05) is 24.7 Å². The summed E-state index contributed by atoms with van der Waals surface area (Å²) in [5.41, 5.74) is 1.88. The van der Waals surface area contributed by atoms with Crippen LogP contribution < -0.4 is 10.1 Å². The minimum absolute atomic E-state index is 0.132. The molecule has 8 heteroatoms. The van der Waals surface area contributed by atoms with E-state index in [0.717, 1.165) is 56.5 Å². The number of carbonyl (C=O) groups excluding carboxylic acids is 1. The van der Waals surface area contributed by atoms with Crippen LogP contribution in [-0.4, -0.2) is 54.3 Å². The van der Waals surface area contributed by atoms with E-state index in [1.165, 1.54) is 42.5 Å². The molecule has 2 aliphatic carbocycles. The second-order valence-corrected chi connectivity index (χ2v) is 10.2.